The molecule has 5 heteroatoms. The molecule has 1 N–H and O–H groups in total. The molecule has 1 atom stereocenters. The molecular formula is C17H19FN2O2. The van der Waals surface area contributed by atoms with Gasteiger partial charge in [-0.2, -0.15) is 0 Å². The molecule has 4 nitrogen and oxygen atoms in total. The maximum absolute atomic E-state index is 13.4. The number of hydrogen-bond acceptors (Lipinski definition) is 3. The monoisotopic (exact) mass is 302 g/mol. The Morgan fingerprint density at radius 1 is 1.32 bits per heavy atom. The molecule has 1 aromatic heterocycles. The summed E-state index contributed by atoms with van der Waals surface area (Å²) in [5.74, 6) is -0.273. The number of pyridine rings is 1. The van der Waals surface area contributed by atoms with Crippen molar-refractivity contribution in [2.45, 2.75) is 25.9 Å². The number of carbonyl (C=O) groups is 1. The molecule has 1 heterocycles. The summed E-state index contributed by atoms with van der Waals surface area (Å²) in [7, 11) is 0. The molecule has 22 heavy (non-hydrogen) atoms. The van der Waals surface area contributed by atoms with Crippen LogP contribution in [0.2, 0.25) is 0 Å². The molecule has 0 unspecified atom stereocenters. The minimum Gasteiger partial charge on any atom is -0.486 e. The SMILES string of the molecule is C[C@H](CNC(=O)CCc1cccnc1)Oc1ccccc1F. The van der Waals surface area contributed by atoms with Crippen molar-refractivity contribution in [1.82, 2.24) is 10.3 Å². The van der Waals surface area contributed by atoms with Gasteiger partial charge in [0.25, 0.3) is 0 Å². The fourth-order valence-electron chi connectivity index (χ4n) is 1.95. The number of para-hydroxylation sites is 1. The Balaban J connectivity index is 1.71. The molecule has 0 spiro atoms. The molecule has 116 valence electrons. The number of rotatable bonds is 7. The Morgan fingerprint density at radius 3 is 2.86 bits per heavy atom. The van der Waals surface area contributed by atoms with Crippen LogP contribution in [-0.2, 0) is 11.2 Å². The van der Waals surface area contributed by atoms with Crippen molar-refractivity contribution in [3.05, 3.63) is 60.2 Å². The molecule has 0 aliphatic rings. The predicted molar refractivity (Wildman–Crippen MR) is 82.1 cm³/mol. The summed E-state index contributed by atoms with van der Waals surface area (Å²) in [6, 6.07) is 10.00. The molecule has 0 bridgehead atoms. The zero-order valence-electron chi connectivity index (χ0n) is 12.5. The number of ether oxygens (including phenoxy) is 1. The fourth-order valence-corrected chi connectivity index (χ4v) is 1.95. The van der Waals surface area contributed by atoms with Crippen molar-refractivity contribution >= 4 is 5.91 Å². The average Bonchev–Trinajstić information content (AvgIpc) is 2.54. The van der Waals surface area contributed by atoms with Crippen molar-refractivity contribution in [3.63, 3.8) is 0 Å². The number of nitrogens with one attached hydrogen (secondary N) is 1. The van der Waals surface area contributed by atoms with Crippen molar-refractivity contribution in [3.8, 4) is 5.75 Å². The second-order valence-corrected chi connectivity index (χ2v) is 5.02. The summed E-state index contributed by atoms with van der Waals surface area (Å²) >= 11 is 0. The van der Waals surface area contributed by atoms with Crippen molar-refractivity contribution in [2.75, 3.05) is 6.54 Å². The van der Waals surface area contributed by atoms with Gasteiger partial charge in [0.05, 0.1) is 6.54 Å². The maximum Gasteiger partial charge on any atom is 0.220 e. The van der Waals surface area contributed by atoms with Crippen LogP contribution in [0.5, 0.6) is 5.75 Å². The van der Waals surface area contributed by atoms with Gasteiger partial charge in [0.2, 0.25) is 5.91 Å². The lowest BCUT2D eigenvalue weighted by molar-refractivity contribution is -0.121. The normalized spacial score (nSPS) is 11.7. The summed E-state index contributed by atoms with van der Waals surface area (Å²) in [6.45, 7) is 2.12. The number of nitrogens with zero attached hydrogens (tertiary/aromatic N) is 1. The number of carbonyl (C=O) groups excluding carboxylic acids is 1. The van der Waals surface area contributed by atoms with Gasteiger partial charge in [-0.1, -0.05) is 18.2 Å². The summed E-state index contributed by atoms with van der Waals surface area (Å²) in [4.78, 5) is 15.8. The van der Waals surface area contributed by atoms with Gasteiger partial charge >= 0.3 is 0 Å². The van der Waals surface area contributed by atoms with Gasteiger partial charge in [0.1, 0.15) is 6.10 Å². The van der Waals surface area contributed by atoms with E-state index in [0.29, 0.717) is 19.4 Å². The van der Waals surface area contributed by atoms with E-state index < -0.39 is 5.82 Å². The second kappa shape index (κ2) is 8.12. The van der Waals surface area contributed by atoms with Crippen LogP contribution in [-0.4, -0.2) is 23.5 Å². The minimum absolute atomic E-state index is 0.0622. The van der Waals surface area contributed by atoms with Crippen LogP contribution < -0.4 is 10.1 Å². The van der Waals surface area contributed by atoms with E-state index in [1.807, 2.05) is 12.1 Å². The molecule has 1 amide bonds. The smallest absolute Gasteiger partial charge is 0.220 e. The van der Waals surface area contributed by atoms with Gasteiger partial charge in [-0.3, -0.25) is 9.78 Å². The van der Waals surface area contributed by atoms with Crippen LogP contribution in [0.4, 0.5) is 4.39 Å². The Hall–Kier alpha value is -2.43. The maximum atomic E-state index is 13.4. The topological polar surface area (TPSA) is 51.2 Å². The van der Waals surface area contributed by atoms with Gasteiger partial charge in [-0.15, -0.1) is 0 Å². The van der Waals surface area contributed by atoms with E-state index in [-0.39, 0.29) is 17.8 Å². The highest BCUT2D eigenvalue weighted by Gasteiger charge is 2.09. The third kappa shape index (κ3) is 5.16. The highest BCUT2D eigenvalue weighted by atomic mass is 19.1. The Kier molecular flexibility index (Phi) is 5.89. The largest absolute Gasteiger partial charge is 0.486 e. The molecule has 1 aromatic carbocycles. The third-order valence-electron chi connectivity index (χ3n) is 3.12. The van der Waals surface area contributed by atoms with E-state index in [4.69, 9.17) is 4.74 Å². The van der Waals surface area contributed by atoms with Crippen molar-refractivity contribution in [2.24, 2.45) is 0 Å². The number of aromatic nitrogens is 1. The van der Waals surface area contributed by atoms with E-state index in [2.05, 4.69) is 10.3 Å². The Morgan fingerprint density at radius 2 is 2.14 bits per heavy atom. The average molecular weight is 302 g/mol. The zero-order valence-corrected chi connectivity index (χ0v) is 12.5. The van der Waals surface area contributed by atoms with Crippen LogP contribution in [0.1, 0.15) is 18.9 Å². The molecule has 0 aliphatic heterocycles. The number of halogens is 1. The van der Waals surface area contributed by atoms with Crippen molar-refractivity contribution < 1.29 is 13.9 Å². The lowest BCUT2D eigenvalue weighted by atomic mass is 10.1. The number of benzene rings is 1. The molecule has 0 saturated heterocycles. The first-order valence-corrected chi connectivity index (χ1v) is 7.22. The fraction of sp³-hybridized carbons (Fsp3) is 0.294. The summed E-state index contributed by atoms with van der Waals surface area (Å²) in [5.41, 5.74) is 1.02. The molecule has 2 aromatic rings. The quantitative estimate of drug-likeness (QED) is 0.855. The molecule has 0 saturated carbocycles. The van der Waals surface area contributed by atoms with Gasteiger partial charge in [-0.25, -0.2) is 4.39 Å². The summed E-state index contributed by atoms with van der Waals surface area (Å²) in [5, 5.41) is 2.79. The van der Waals surface area contributed by atoms with E-state index in [1.54, 1.807) is 37.5 Å². The van der Waals surface area contributed by atoms with Gasteiger partial charge in [0, 0.05) is 18.8 Å². The molecule has 2 rings (SSSR count). The minimum atomic E-state index is -0.405. The zero-order chi connectivity index (χ0) is 15.8. The van der Waals surface area contributed by atoms with E-state index in [9.17, 15) is 9.18 Å². The van der Waals surface area contributed by atoms with E-state index >= 15 is 0 Å². The van der Waals surface area contributed by atoms with Crippen LogP contribution in [0.15, 0.2) is 48.8 Å². The summed E-state index contributed by atoms with van der Waals surface area (Å²) < 4.78 is 18.9. The lowest BCUT2D eigenvalue weighted by Crippen LogP contribution is -2.33. The van der Waals surface area contributed by atoms with E-state index in [0.717, 1.165) is 5.56 Å². The number of amides is 1. The lowest BCUT2D eigenvalue weighted by Gasteiger charge is -2.15. The highest BCUT2D eigenvalue weighted by Crippen LogP contribution is 2.16. The van der Waals surface area contributed by atoms with E-state index in [1.165, 1.54) is 6.07 Å². The van der Waals surface area contributed by atoms with Crippen LogP contribution in [0.25, 0.3) is 0 Å². The first-order chi connectivity index (χ1) is 10.6. The first-order valence-electron chi connectivity index (χ1n) is 7.22. The van der Waals surface area contributed by atoms with Crippen molar-refractivity contribution in [1.29, 1.82) is 0 Å². The van der Waals surface area contributed by atoms with Gasteiger partial charge in [-0.05, 0) is 37.1 Å². The highest BCUT2D eigenvalue weighted by molar-refractivity contribution is 5.76. The standard InChI is InChI=1S/C17H19FN2O2/c1-13(22-16-7-3-2-6-15(16)18)11-20-17(21)9-8-14-5-4-10-19-12-14/h2-7,10,12-13H,8-9,11H2,1H3,(H,20,21)/t13-/m1/s1. The first kappa shape index (κ1) is 15.9. The number of aryl methyl sites for hydroxylation is 1. The van der Waals surface area contributed by atoms with Crippen LogP contribution in [0, 0.1) is 5.82 Å². The molecule has 0 radical (unpaired) electrons. The Labute approximate surface area is 129 Å². The number of hydrogen-bond donors (Lipinski definition) is 1. The Bertz CT molecular complexity index is 605. The van der Waals surface area contributed by atoms with Crippen LogP contribution in [0.3, 0.4) is 0 Å². The predicted octanol–water partition coefficient (Wildman–Crippen LogP) is 2.74. The summed E-state index contributed by atoms with van der Waals surface area (Å²) in [6.07, 6.45) is 4.17. The molecule has 0 aliphatic carbocycles. The molecule has 0 fully saturated rings. The second-order valence-electron chi connectivity index (χ2n) is 5.02. The van der Waals surface area contributed by atoms with Gasteiger partial charge in [0.15, 0.2) is 11.6 Å². The van der Waals surface area contributed by atoms with Crippen LogP contribution >= 0.6 is 0 Å². The molecular weight excluding hydrogens is 283 g/mol. The third-order valence-corrected chi connectivity index (χ3v) is 3.12. The van der Waals surface area contributed by atoms with Gasteiger partial charge < -0.3 is 10.1 Å².